The van der Waals surface area contributed by atoms with Crippen molar-refractivity contribution in [3.63, 3.8) is 0 Å². The second-order valence-electron chi connectivity index (χ2n) is 4.73. The van der Waals surface area contributed by atoms with Gasteiger partial charge >= 0.3 is 0 Å². The maximum atomic E-state index is 5.40. The fourth-order valence-electron chi connectivity index (χ4n) is 2.61. The third-order valence-electron chi connectivity index (χ3n) is 3.48. The van der Waals surface area contributed by atoms with Gasteiger partial charge in [0.15, 0.2) is 0 Å². The van der Waals surface area contributed by atoms with E-state index >= 15 is 0 Å². The lowest BCUT2D eigenvalue weighted by atomic mass is 10.0. The largest absolute Gasteiger partial charge is 0.381 e. The zero-order chi connectivity index (χ0) is 10.1. The molecule has 3 heterocycles. The zero-order valence-electron chi connectivity index (χ0n) is 9.11. The standard InChI is InChI=1S/C12H18N2O/c1-2-5-14-8-11(13-12(14)3-1)7-10-4-6-15-9-10/h8,10H,1-7,9H2. The predicted octanol–water partition coefficient (Wildman–Crippen LogP) is 1.80. The Labute approximate surface area is 90.5 Å². The van der Waals surface area contributed by atoms with Gasteiger partial charge in [0.25, 0.3) is 0 Å². The van der Waals surface area contributed by atoms with Gasteiger partial charge in [0.05, 0.1) is 5.69 Å². The predicted molar refractivity (Wildman–Crippen MR) is 57.8 cm³/mol. The minimum atomic E-state index is 0.710. The summed E-state index contributed by atoms with van der Waals surface area (Å²) in [6.07, 6.45) is 8.37. The number of hydrogen-bond donors (Lipinski definition) is 0. The van der Waals surface area contributed by atoms with Gasteiger partial charge in [0, 0.05) is 32.4 Å². The van der Waals surface area contributed by atoms with Crippen LogP contribution in [0.4, 0.5) is 0 Å². The zero-order valence-corrected chi connectivity index (χ0v) is 9.11. The van der Waals surface area contributed by atoms with Gasteiger partial charge in [-0.1, -0.05) is 0 Å². The number of rotatable bonds is 2. The Bertz CT molecular complexity index is 316. The van der Waals surface area contributed by atoms with Gasteiger partial charge in [-0.25, -0.2) is 4.98 Å². The van der Waals surface area contributed by atoms with E-state index in [0.29, 0.717) is 5.92 Å². The molecule has 1 aromatic heterocycles. The summed E-state index contributed by atoms with van der Waals surface area (Å²) in [6, 6.07) is 0. The minimum absolute atomic E-state index is 0.710. The fourth-order valence-corrected chi connectivity index (χ4v) is 2.61. The van der Waals surface area contributed by atoms with Crippen molar-refractivity contribution in [2.45, 2.75) is 38.6 Å². The van der Waals surface area contributed by atoms with Crippen molar-refractivity contribution in [3.05, 3.63) is 17.7 Å². The summed E-state index contributed by atoms with van der Waals surface area (Å²) in [6.45, 7) is 3.05. The lowest BCUT2D eigenvalue weighted by Gasteiger charge is -2.11. The molecule has 2 aliphatic heterocycles. The van der Waals surface area contributed by atoms with Gasteiger partial charge in [-0.2, -0.15) is 0 Å². The van der Waals surface area contributed by atoms with Crippen LogP contribution in [0.2, 0.25) is 0 Å². The topological polar surface area (TPSA) is 27.1 Å². The number of aryl methyl sites for hydroxylation is 2. The van der Waals surface area contributed by atoms with Crippen LogP contribution in [0.1, 0.15) is 30.8 Å². The molecule has 3 rings (SSSR count). The van der Waals surface area contributed by atoms with E-state index in [-0.39, 0.29) is 0 Å². The maximum Gasteiger partial charge on any atom is 0.108 e. The number of ether oxygens (including phenoxy) is 1. The molecule has 2 aliphatic rings. The first-order valence-corrected chi connectivity index (χ1v) is 6.04. The molecule has 3 nitrogen and oxygen atoms in total. The third kappa shape index (κ3) is 1.93. The van der Waals surface area contributed by atoms with Crippen molar-refractivity contribution in [2.75, 3.05) is 13.2 Å². The van der Waals surface area contributed by atoms with Crippen molar-refractivity contribution >= 4 is 0 Å². The highest BCUT2D eigenvalue weighted by atomic mass is 16.5. The Morgan fingerprint density at radius 1 is 1.47 bits per heavy atom. The number of hydrogen-bond acceptors (Lipinski definition) is 2. The number of aromatic nitrogens is 2. The van der Waals surface area contributed by atoms with Gasteiger partial charge in [0.2, 0.25) is 0 Å². The molecule has 3 heteroatoms. The molecule has 1 atom stereocenters. The lowest BCUT2D eigenvalue weighted by Crippen LogP contribution is -2.08. The maximum absolute atomic E-state index is 5.40. The first-order valence-electron chi connectivity index (χ1n) is 6.04. The second-order valence-corrected chi connectivity index (χ2v) is 4.73. The molecule has 1 aromatic rings. The SMILES string of the molecule is c1c(CC2CCOC2)nc2n1CCCC2. The smallest absolute Gasteiger partial charge is 0.108 e. The minimum Gasteiger partial charge on any atom is -0.381 e. The van der Waals surface area contributed by atoms with Crippen molar-refractivity contribution in [1.29, 1.82) is 0 Å². The summed E-state index contributed by atoms with van der Waals surface area (Å²) >= 11 is 0. The van der Waals surface area contributed by atoms with E-state index in [0.717, 1.165) is 19.6 Å². The van der Waals surface area contributed by atoms with E-state index in [2.05, 4.69) is 10.8 Å². The van der Waals surface area contributed by atoms with Gasteiger partial charge in [-0.15, -0.1) is 0 Å². The normalized spacial score (nSPS) is 25.5. The van der Waals surface area contributed by atoms with E-state index in [1.165, 1.54) is 43.7 Å². The highest BCUT2D eigenvalue weighted by Gasteiger charge is 2.19. The van der Waals surface area contributed by atoms with Crippen LogP contribution in [0.3, 0.4) is 0 Å². The molecule has 0 bridgehead atoms. The molecule has 0 N–H and O–H groups in total. The van der Waals surface area contributed by atoms with Crippen molar-refractivity contribution < 1.29 is 4.74 Å². The molecule has 1 fully saturated rings. The summed E-state index contributed by atoms with van der Waals surface area (Å²) in [4.78, 5) is 4.72. The van der Waals surface area contributed by atoms with Crippen LogP contribution in [0.15, 0.2) is 6.20 Å². The molecule has 1 unspecified atom stereocenters. The molecule has 15 heavy (non-hydrogen) atoms. The van der Waals surface area contributed by atoms with Crippen LogP contribution in [-0.4, -0.2) is 22.8 Å². The molecule has 0 saturated carbocycles. The van der Waals surface area contributed by atoms with Gasteiger partial charge in [-0.05, 0) is 31.6 Å². The Hall–Kier alpha value is -0.830. The van der Waals surface area contributed by atoms with Crippen LogP contribution >= 0.6 is 0 Å². The summed E-state index contributed by atoms with van der Waals surface area (Å²) in [5.74, 6) is 2.01. The number of nitrogens with zero attached hydrogens (tertiary/aromatic N) is 2. The van der Waals surface area contributed by atoms with Gasteiger partial charge in [0.1, 0.15) is 5.82 Å². The molecular weight excluding hydrogens is 188 g/mol. The van der Waals surface area contributed by atoms with Crippen LogP contribution in [-0.2, 0) is 24.1 Å². The molecule has 0 radical (unpaired) electrons. The molecule has 0 aromatic carbocycles. The summed E-state index contributed by atoms with van der Waals surface area (Å²) in [7, 11) is 0. The Morgan fingerprint density at radius 2 is 2.47 bits per heavy atom. The average molecular weight is 206 g/mol. The van der Waals surface area contributed by atoms with Crippen LogP contribution in [0.5, 0.6) is 0 Å². The summed E-state index contributed by atoms with van der Waals surface area (Å²) in [5, 5.41) is 0. The van der Waals surface area contributed by atoms with Crippen LogP contribution < -0.4 is 0 Å². The van der Waals surface area contributed by atoms with E-state index in [9.17, 15) is 0 Å². The summed E-state index contributed by atoms with van der Waals surface area (Å²) < 4.78 is 7.74. The van der Waals surface area contributed by atoms with Gasteiger partial charge < -0.3 is 9.30 Å². The molecule has 0 spiro atoms. The van der Waals surface area contributed by atoms with Gasteiger partial charge in [-0.3, -0.25) is 0 Å². The summed E-state index contributed by atoms with van der Waals surface area (Å²) in [5.41, 5.74) is 1.28. The molecular formula is C12H18N2O. The van der Waals surface area contributed by atoms with Crippen molar-refractivity contribution in [2.24, 2.45) is 5.92 Å². The quantitative estimate of drug-likeness (QED) is 0.737. The van der Waals surface area contributed by atoms with Crippen LogP contribution in [0, 0.1) is 5.92 Å². The lowest BCUT2D eigenvalue weighted by molar-refractivity contribution is 0.185. The Balaban J connectivity index is 1.72. The highest BCUT2D eigenvalue weighted by Crippen LogP contribution is 2.20. The molecule has 82 valence electrons. The average Bonchev–Trinajstić information content (AvgIpc) is 2.86. The van der Waals surface area contributed by atoms with Crippen molar-refractivity contribution in [3.8, 4) is 0 Å². The third-order valence-corrected chi connectivity index (χ3v) is 3.48. The number of imidazole rings is 1. The van der Waals surface area contributed by atoms with E-state index < -0.39 is 0 Å². The molecule has 1 saturated heterocycles. The molecule has 0 aliphatic carbocycles. The van der Waals surface area contributed by atoms with Crippen LogP contribution in [0.25, 0.3) is 0 Å². The fraction of sp³-hybridized carbons (Fsp3) is 0.750. The number of fused-ring (bicyclic) bond motifs is 1. The first-order chi connectivity index (χ1) is 7.42. The van der Waals surface area contributed by atoms with E-state index in [1.807, 2.05) is 0 Å². The Morgan fingerprint density at radius 3 is 3.27 bits per heavy atom. The second kappa shape index (κ2) is 3.97. The first kappa shape index (κ1) is 9.40. The van der Waals surface area contributed by atoms with Crippen molar-refractivity contribution in [1.82, 2.24) is 9.55 Å². The molecule has 0 amide bonds. The van der Waals surface area contributed by atoms with E-state index in [1.54, 1.807) is 0 Å². The Kier molecular flexibility index (Phi) is 2.49. The highest BCUT2D eigenvalue weighted by molar-refractivity contribution is 5.07. The van der Waals surface area contributed by atoms with E-state index in [4.69, 9.17) is 9.72 Å². The monoisotopic (exact) mass is 206 g/mol.